The van der Waals surface area contributed by atoms with Crippen LogP contribution in [-0.2, 0) is 0 Å². The van der Waals surface area contributed by atoms with Crippen molar-refractivity contribution in [2.75, 3.05) is 0 Å². The van der Waals surface area contributed by atoms with Gasteiger partial charge in [0, 0.05) is 10.3 Å². The molecule has 2 aromatic carbocycles. The summed E-state index contributed by atoms with van der Waals surface area (Å²) in [5, 5.41) is 5.81. The number of furan rings is 1. The molecule has 1 unspecified atom stereocenters. The maximum Gasteiger partial charge on any atom is 0.287 e. The Balaban J connectivity index is 1.66. The van der Waals surface area contributed by atoms with Crippen molar-refractivity contribution in [3.8, 4) is 0 Å². The van der Waals surface area contributed by atoms with Gasteiger partial charge in [0.2, 0.25) is 0 Å². The zero-order chi connectivity index (χ0) is 17.2. The second-order valence-electron chi connectivity index (χ2n) is 5.62. The molecule has 1 N–H and O–H groups in total. The van der Waals surface area contributed by atoms with Crippen LogP contribution in [0.2, 0.25) is 0 Å². The molecule has 0 saturated heterocycles. The lowest BCUT2D eigenvalue weighted by Crippen LogP contribution is -2.28. The Hall–Kier alpha value is -2.92. The Kier molecular flexibility index (Phi) is 4.07. The molecule has 0 fully saturated rings. The first-order valence-corrected chi connectivity index (χ1v) is 8.67. The zero-order valence-corrected chi connectivity index (χ0v) is 13.9. The van der Waals surface area contributed by atoms with E-state index in [1.165, 1.54) is 23.5 Å². The number of fused-ring (bicyclic) bond motifs is 1. The molecule has 5 heteroatoms. The number of rotatable bonds is 4. The first kappa shape index (κ1) is 15.6. The van der Waals surface area contributed by atoms with Crippen molar-refractivity contribution in [3.63, 3.8) is 0 Å². The van der Waals surface area contributed by atoms with Crippen LogP contribution >= 0.6 is 11.3 Å². The van der Waals surface area contributed by atoms with E-state index in [-0.39, 0.29) is 23.5 Å². The molecule has 4 aromatic rings. The lowest BCUT2D eigenvalue weighted by atomic mass is 10.1. The molecule has 2 heterocycles. The highest BCUT2D eigenvalue weighted by molar-refractivity contribution is 7.10. The number of para-hydroxylation sites is 1. The predicted molar refractivity (Wildman–Crippen MR) is 96.2 cm³/mol. The summed E-state index contributed by atoms with van der Waals surface area (Å²) in [4.78, 5) is 13.7. The Labute approximate surface area is 147 Å². The maximum atomic E-state index is 13.2. The van der Waals surface area contributed by atoms with Crippen molar-refractivity contribution in [2.24, 2.45) is 0 Å². The molecule has 0 saturated carbocycles. The molecule has 1 atom stereocenters. The van der Waals surface area contributed by atoms with Crippen LogP contribution in [0.25, 0.3) is 11.0 Å². The molecular formula is C20H14FNO2S. The average molecular weight is 351 g/mol. The van der Waals surface area contributed by atoms with Crippen LogP contribution in [-0.4, -0.2) is 5.91 Å². The highest BCUT2D eigenvalue weighted by atomic mass is 32.1. The minimum absolute atomic E-state index is 0.255. The SMILES string of the molecule is O=C(NC(c1ccc(F)cc1)c1cccs1)c1cc2ccccc2o1. The Morgan fingerprint density at radius 2 is 1.84 bits per heavy atom. The molecule has 25 heavy (non-hydrogen) atoms. The third-order valence-electron chi connectivity index (χ3n) is 3.96. The predicted octanol–water partition coefficient (Wildman–Crippen LogP) is 5.15. The van der Waals surface area contributed by atoms with Gasteiger partial charge < -0.3 is 9.73 Å². The van der Waals surface area contributed by atoms with Crippen molar-refractivity contribution in [1.29, 1.82) is 0 Å². The summed E-state index contributed by atoms with van der Waals surface area (Å²) in [5.74, 6) is -0.360. The van der Waals surface area contributed by atoms with E-state index in [1.807, 2.05) is 41.8 Å². The molecule has 3 nitrogen and oxygen atoms in total. The van der Waals surface area contributed by atoms with Crippen LogP contribution in [0, 0.1) is 5.82 Å². The van der Waals surface area contributed by atoms with Crippen LogP contribution < -0.4 is 5.32 Å². The van der Waals surface area contributed by atoms with Crippen LogP contribution in [0.4, 0.5) is 4.39 Å². The Morgan fingerprint density at radius 3 is 2.56 bits per heavy atom. The van der Waals surface area contributed by atoms with Gasteiger partial charge in [-0.1, -0.05) is 36.4 Å². The molecule has 0 aliphatic heterocycles. The third-order valence-corrected chi connectivity index (χ3v) is 4.89. The van der Waals surface area contributed by atoms with E-state index in [1.54, 1.807) is 18.2 Å². The van der Waals surface area contributed by atoms with Gasteiger partial charge in [0.15, 0.2) is 5.76 Å². The number of carbonyl (C=O) groups is 1. The van der Waals surface area contributed by atoms with Gasteiger partial charge in [-0.3, -0.25) is 4.79 Å². The molecule has 0 aliphatic rings. The smallest absolute Gasteiger partial charge is 0.287 e. The van der Waals surface area contributed by atoms with Gasteiger partial charge in [-0.15, -0.1) is 11.3 Å². The Morgan fingerprint density at radius 1 is 1.04 bits per heavy atom. The minimum Gasteiger partial charge on any atom is -0.451 e. The first-order valence-electron chi connectivity index (χ1n) is 7.79. The van der Waals surface area contributed by atoms with Crippen LogP contribution in [0.3, 0.4) is 0 Å². The van der Waals surface area contributed by atoms with Gasteiger partial charge in [-0.05, 0) is 41.3 Å². The summed E-state index contributed by atoms with van der Waals surface area (Å²) in [6.07, 6.45) is 0. The summed E-state index contributed by atoms with van der Waals surface area (Å²) in [7, 11) is 0. The minimum atomic E-state index is -0.360. The third kappa shape index (κ3) is 3.19. The van der Waals surface area contributed by atoms with Gasteiger partial charge in [0.1, 0.15) is 11.4 Å². The van der Waals surface area contributed by atoms with E-state index < -0.39 is 0 Å². The van der Waals surface area contributed by atoms with Crippen molar-refractivity contribution in [2.45, 2.75) is 6.04 Å². The summed E-state index contributed by atoms with van der Waals surface area (Å²) < 4.78 is 18.9. The second-order valence-corrected chi connectivity index (χ2v) is 6.60. The lowest BCUT2D eigenvalue weighted by Gasteiger charge is -2.17. The Bertz CT molecular complexity index is 973. The maximum absolute atomic E-state index is 13.2. The lowest BCUT2D eigenvalue weighted by molar-refractivity contribution is 0.0918. The number of nitrogens with one attached hydrogen (secondary N) is 1. The molecular weight excluding hydrogens is 337 g/mol. The molecule has 124 valence electrons. The first-order chi connectivity index (χ1) is 12.2. The fourth-order valence-corrected chi connectivity index (χ4v) is 3.53. The summed E-state index contributed by atoms with van der Waals surface area (Å²) in [6, 6.07) is 18.8. The van der Waals surface area contributed by atoms with Crippen LogP contribution in [0.1, 0.15) is 27.0 Å². The van der Waals surface area contributed by atoms with Gasteiger partial charge in [-0.25, -0.2) is 4.39 Å². The largest absolute Gasteiger partial charge is 0.451 e. The summed E-state index contributed by atoms with van der Waals surface area (Å²) in [5.41, 5.74) is 1.48. The van der Waals surface area contributed by atoms with Crippen molar-refractivity contribution < 1.29 is 13.6 Å². The van der Waals surface area contributed by atoms with E-state index in [2.05, 4.69) is 5.32 Å². The number of thiophene rings is 1. The van der Waals surface area contributed by atoms with E-state index in [9.17, 15) is 9.18 Å². The van der Waals surface area contributed by atoms with Crippen LogP contribution in [0.15, 0.2) is 76.5 Å². The number of carbonyl (C=O) groups excluding carboxylic acids is 1. The van der Waals surface area contributed by atoms with Gasteiger partial charge in [0.25, 0.3) is 5.91 Å². The zero-order valence-electron chi connectivity index (χ0n) is 13.1. The molecule has 0 radical (unpaired) electrons. The van der Waals surface area contributed by atoms with Crippen LogP contribution in [0.5, 0.6) is 0 Å². The number of hydrogen-bond donors (Lipinski definition) is 1. The van der Waals surface area contributed by atoms with E-state index >= 15 is 0 Å². The fraction of sp³-hybridized carbons (Fsp3) is 0.0500. The van der Waals surface area contributed by atoms with Crippen molar-refractivity contribution in [3.05, 3.63) is 94.1 Å². The second kappa shape index (κ2) is 6.53. The van der Waals surface area contributed by atoms with E-state index in [4.69, 9.17) is 4.42 Å². The molecule has 2 aromatic heterocycles. The standard InChI is InChI=1S/C20H14FNO2S/c21-15-9-7-13(8-10-15)19(18-6-3-11-25-18)22-20(23)17-12-14-4-1-2-5-16(14)24-17/h1-12,19H,(H,22,23). The summed E-state index contributed by atoms with van der Waals surface area (Å²) in [6.45, 7) is 0. The molecule has 0 bridgehead atoms. The number of halogens is 1. The molecule has 1 amide bonds. The number of amides is 1. The number of benzene rings is 2. The van der Waals surface area contributed by atoms with E-state index in [0.717, 1.165) is 15.8 Å². The van der Waals surface area contributed by atoms with Gasteiger partial charge in [-0.2, -0.15) is 0 Å². The molecule has 0 spiro atoms. The van der Waals surface area contributed by atoms with Gasteiger partial charge >= 0.3 is 0 Å². The molecule has 0 aliphatic carbocycles. The highest BCUT2D eigenvalue weighted by Gasteiger charge is 2.21. The summed E-state index contributed by atoms with van der Waals surface area (Å²) >= 11 is 1.53. The van der Waals surface area contributed by atoms with Gasteiger partial charge in [0.05, 0.1) is 6.04 Å². The molecule has 4 rings (SSSR count). The monoisotopic (exact) mass is 351 g/mol. The highest BCUT2D eigenvalue weighted by Crippen LogP contribution is 2.27. The van der Waals surface area contributed by atoms with Crippen molar-refractivity contribution >= 4 is 28.2 Å². The number of hydrogen-bond acceptors (Lipinski definition) is 3. The normalized spacial score (nSPS) is 12.2. The quantitative estimate of drug-likeness (QED) is 0.552. The van der Waals surface area contributed by atoms with Crippen molar-refractivity contribution in [1.82, 2.24) is 5.32 Å². The average Bonchev–Trinajstić information content (AvgIpc) is 3.30. The fourth-order valence-electron chi connectivity index (χ4n) is 2.73. The van der Waals surface area contributed by atoms with E-state index in [0.29, 0.717) is 5.58 Å². The topological polar surface area (TPSA) is 42.2 Å².